The predicted octanol–water partition coefficient (Wildman–Crippen LogP) is 3.30. The quantitative estimate of drug-likeness (QED) is 0.647. The largest absolute Gasteiger partial charge is 0.522 e. The molecule has 0 aliphatic heterocycles. The highest BCUT2D eigenvalue weighted by atomic mass is 32.2. The summed E-state index contributed by atoms with van der Waals surface area (Å²) in [6.45, 7) is 0. The van der Waals surface area contributed by atoms with Crippen molar-refractivity contribution in [2.45, 2.75) is 5.51 Å². The van der Waals surface area contributed by atoms with Gasteiger partial charge in [-0.1, -0.05) is 36.4 Å². The fraction of sp³-hybridized carbons (Fsp3) is 0.231. The Bertz CT molecular complexity index is 707. The summed E-state index contributed by atoms with van der Waals surface area (Å²) in [6, 6.07) is 14.8. The first-order valence-electron chi connectivity index (χ1n) is 5.73. The van der Waals surface area contributed by atoms with Crippen molar-refractivity contribution in [2.75, 3.05) is 19.0 Å². The molecule has 0 saturated carbocycles. The van der Waals surface area contributed by atoms with Crippen LogP contribution < -0.4 is 4.90 Å². The molecule has 4 nitrogen and oxygen atoms in total. The van der Waals surface area contributed by atoms with Gasteiger partial charge in [-0.25, -0.2) is 0 Å². The summed E-state index contributed by atoms with van der Waals surface area (Å²) >= 11 is 0. The van der Waals surface area contributed by atoms with Gasteiger partial charge in [-0.15, -0.1) is 0 Å². The molecule has 0 fully saturated rings. The molecule has 0 aliphatic carbocycles. The highest BCUT2D eigenvalue weighted by molar-refractivity contribution is 7.86. The molecule has 0 atom stereocenters. The monoisotopic (exact) mass is 321 g/mol. The SMILES string of the molecule is CN(C)c1cccc2ccccc12.O=S(=O)(O)C(F)(F)F. The Morgan fingerprint density at radius 3 is 1.95 bits per heavy atom. The minimum atomic E-state index is -5.84. The Morgan fingerprint density at radius 2 is 1.48 bits per heavy atom. The smallest absolute Gasteiger partial charge is 0.377 e. The van der Waals surface area contributed by atoms with E-state index in [2.05, 4.69) is 61.5 Å². The second-order valence-corrected chi connectivity index (χ2v) is 5.73. The Hall–Kier alpha value is -1.80. The first-order chi connectivity index (χ1) is 9.54. The van der Waals surface area contributed by atoms with Crippen LogP contribution in [0.3, 0.4) is 0 Å². The molecule has 0 radical (unpaired) electrons. The molecule has 0 unspecified atom stereocenters. The van der Waals surface area contributed by atoms with Gasteiger partial charge in [-0.2, -0.15) is 21.6 Å². The van der Waals surface area contributed by atoms with Crippen LogP contribution in [0.5, 0.6) is 0 Å². The maximum absolute atomic E-state index is 10.7. The molecule has 21 heavy (non-hydrogen) atoms. The molecule has 116 valence electrons. The third kappa shape index (κ3) is 4.61. The number of hydrogen-bond donors (Lipinski definition) is 1. The Morgan fingerprint density at radius 1 is 1.00 bits per heavy atom. The highest BCUT2D eigenvalue weighted by Crippen LogP contribution is 2.24. The van der Waals surface area contributed by atoms with E-state index in [1.165, 1.54) is 16.5 Å². The van der Waals surface area contributed by atoms with Crippen LogP contribution in [0.25, 0.3) is 10.8 Å². The summed E-state index contributed by atoms with van der Waals surface area (Å²) in [5, 5.41) is 2.61. The van der Waals surface area contributed by atoms with Crippen molar-refractivity contribution in [3.05, 3.63) is 42.5 Å². The lowest BCUT2D eigenvalue weighted by Crippen LogP contribution is -2.21. The number of rotatable bonds is 1. The van der Waals surface area contributed by atoms with Gasteiger partial charge in [0.25, 0.3) is 0 Å². The summed E-state index contributed by atoms with van der Waals surface area (Å²) in [5.41, 5.74) is -4.26. The van der Waals surface area contributed by atoms with E-state index in [-0.39, 0.29) is 0 Å². The fourth-order valence-electron chi connectivity index (χ4n) is 1.60. The average Bonchev–Trinajstić information content (AvgIpc) is 2.36. The fourth-order valence-corrected chi connectivity index (χ4v) is 1.60. The van der Waals surface area contributed by atoms with Crippen LogP contribution in [-0.2, 0) is 10.1 Å². The van der Waals surface area contributed by atoms with Crippen LogP contribution in [0.2, 0.25) is 0 Å². The molecule has 2 aromatic carbocycles. The third-order valence-electron chi connectivity index (χ3n) is 2.54. The van der Waals surface area contributed by atoms with Crippen molar-refractivity contribution in [2.24, 2.45) is 0 Å². The zero-order valence-corrected chi connectivity index (χ0v) is 12.1. The zero-order valence-electron chi connectivity index (χ0n) is 11.3. The van der Waals surface area contributed by atoms with E-state index in [1.807, 2.05) is 0 Å². The number of hydrogen-bond acceptors (Lipinski definition) is 3. The maximum atomic E-state index is 10.7. The van der Waals surface area contributed by atoms with Crippen molar-refractivity contribution in [1.29, 1.82) is 0 Å². The van der Waals surface area contributed by atoms with Gasteiger partial charge in [0.1, 0.15) is 0 Å². The molecule has 0 spiro atoms. The van der Waals surface area contributed by atoms with E-state index < -0.39 is 15.6 Å². The van der Waals surface area contributed by atoms with Gasteiger partial charge in [-0.05, 0) is 11.5 Å². The standard InChI is InChI=1S/C12H13N.CHF3O3S/c1-13(2)12-9-5-7-10-6-3-4-8-11(10)12;2-1(3,4)8(5,6)7/h3-9H,1-2H3;(H,5,6,7). The van der Waals surface area contributed by atoms with Crippen molar-refractivity contribution >= 4 is 26.6 Å². The van der Waals surface area contributed by atoms with E-state index >= 15 is 0 Å². The van der Waals surface area contributed by atoms with Crippen LogP contribution in [-0.4, -0.2) is 32.6 Å². The van der Waals surface area contributed by atoms with Crippen LogP contribution in [0.4, 0.5) is 18.9 Å². The Balaban J connectivity index is 0.000000240. The lowest BCUT2D eigenvalue weighted by molar-refractivity contribution is -0.0510. The second-order valence-electron chi connectivity index (χ2n) is 4.31. The molecule has 0 amide bonds. The summed E-state index contributed by atoms with van der Waals surface area (Å²) < 4.78 is 57.5. The van der Waals surface area contributed by atoms with E-state index in [4.69, 9.17) is 13.0 Å². The van der Waals surface area contributed by atoms with Gasteiger partial charge in [0, 0.05) is 25.2 Å². The molecule has 8 heteroatoms. The van der Waals surface area contributed by atoms with Gasteiger partial charge < -0.3 is 4.90 Å². The molecule has 0 aliphatic rings. The molecular weight excluding hydrogens is 307 g/mol. The average molecular weight is 321 g/mol. The molecule has 1 N–H and O–H groups in total. The number of benzene rings is 2. The maximum Gasteiger partial charge on any atom is 0.522 e. The van der Waals surface area contributed by atoms with E-state index in [1.54, 1.807) is 0 Å². The van der Waals surface area contributed by atoms with E-state index in [0.29, 0.717) is 0 Å². The van der Waals surface area contributed by atoms with Crippen LogP contribution in [0, 0.1) is 0 Å². The summed E-state index contributed by atoms with van der Waals surface area (Å²) in [4.78, 5) is 2.14. The van der Waals surface area contributed by atoms with Crippen molar-refractivity contribution in [3.63, 3.8) is 0 Å². The number of fused-ring (bicyclic) bond motifs is 1. The Labute approximate surface area is 120 Å². The van der Waals surface area contributed by atoms with Gasteiger partial charge in [0.2, 0.25) is 0 Å². The summed E-state index contributed by atoms with van der Waals surface area (Å²) in [5.74, 6) is 0. The van der Waals surface area contributed by atoms with Crippen molar-refractivity contribution < 1.29 is 26.1 Å². The zero-order chi connectivity index (χ0) is 16.3. The Kier molecular flexibility index (Phi) is 5.19. The van der Waals surface area contributed by atoms with E-state index in [0.717, 1.165) is 0 Å². The molecule has 0 heterocycles. The molecule has 0 aromatic heterocycles. The molecular formula is C13H14F3NO3S. The summed E-state index contributed by atoms with van der Waals surface area (Å²) in [7, 11) is -1.70. The van der Waals surface area contributed by atoms with Crippen molar-refractivity contribution in [3.8, 4) is 0 Å². The normalized spacial score (nSPS) is 11.7. The number of halogens is 3. The number of nitrogens with zero attached hydrogens (tertiary/aromatic N) is 1. The van der Waals surface area contributed by atoms with Gasteiger partial charge in [0.15, 0.2) is 0 Å². The molecule has 2 rings (SSSR count). The molecule has 0 saturated heterocycles. The van der Waals surface area contributed by atoms with Gasteiger partial charge in [0.05, 0.1) is 0 Å². The predicted molar refractivity (Wildman–Crippen MR) is 75.9 cm³/mol. The first-order valence-corrected chi connectivity index (χ1v) is 7.17. The van der Waals surface area contributed by atoms with Crippen LogP contribution >= 0.6 is 0 Å². The minimum Gasteiger partial charge on any atom is -0.377 e. The number of alkyl halides is 3. The third-order valence-corrected chi connectivity index (χ3v) is 3.13. The first kappa shape index (κ1) is 17.3. The second kappa shape index (κ2) is 6.31. The highest BCUT2D eigenvalue weighted by Gasteiger charge is 2.44. The van der Waals surface area contributed by atoms with Gasteiger partial charge in [-0.3, -0.25) is 4.55 Å². The summed E-state index contributed by atoms with van der Waals surface area (Å²) in [6.07, 6.45) is 0. The number of anilines is 1. The topological polar surface area (TPSA) is 57.6 Å². The molecule has 0 bridgehead atoms. The lowest BCUT2D eigenvalue weighted by atomic mass is 10.1. The van der Waals surface area contributed by atoms with Crippen molar-refractivity contribution in [1.82, 2.24) is 0 Å². The minimum absolute atomic E-state index is 1.28. The van der Waals surface area contributed by atoms with Gasteiger partial charge >= 0.3 is 15.6 Å². The van der Waals surface area contributed by atoms with Crippen LogP contribution in [0.1, 0.15) is 0 Å². The van der Waals surface area contributed by atoms with E-state index in [9.17, 15) is 13.2 Å². The molecule has 2 aromatic rings. The van der Waals surface area contributed by atoms with Crippen LogP contribution in [0.15, 0.2) is 42.5 Å². The lowest BCUT2D eigenvalue weighted by Gasteiger charge is -2.14.